The zero-order chi connectivity index (χ0) is 11.1. The summed E-state index contributed by atoms with van der Waals surface area (Å²) in [5.41, 5.74) is -0.132. The van der Waals surface area contributed by atoms with E-state index in [4.69, 9.17) is 10.00 Å². The summed E-state index contributed by atoms with van der Waals surface area (Å²) in [5, 5.41) is 8.42. The van der Waals surface area contributed by atoms with Gasteiger partial charge in [0.1, 0.15) is 17.7 Å². The second kappa shape index (κ2) is 6.20. The number of nitrogens with zero attached hydrogens (tertiary/aromatic N) is 1. The molecule has 0 N–H and O–H groups in total. The molecule has 0 heterocycles. The van der Waals surface area contributed by atoms with E-state index in [1.54, 1.807) is 6.07 Å². The molecule has 0 amide bonds. The smallest absolute Gasteiger partial charge is 0.348 e. The van der Waals surface area contributed by atoms with Crippen LogP contribution in [-0.4, -0.2) is 12.1 Å². The summed E-state index contributed by atoms with van der Waals surface area (Å²) in [6.07, 6.45) is 1.48. The fraction of sp³-hybridized carbons (Fsp3) is 0.636. The highest BCUT2D eigenvalue weighted by Gasteiger charge is 2.15. The Morgan fingerprint density at radius 3 is 2.50 bits per heavy atom. The first-order valence-electron chi connectivity index (χ1n) is 4.81. The molecular weight excluding hydrogens is 178 g/mol. The van der Waals surface area contributed by atoms with Gasteiger partial charge >= 0.3 is 5.97 Å². The first-order valence-corrected chi connectivity index (χ1v) is 4.81. The maximum Gasteiger partial charge on any atom is 0.348 e. The molecule has 0 aromatic carbocycles. The highest BCUT2D eigenvalue weighted by molar-refractivity contribution is 5.91. The molecule has 0 fully saturated rings. The van der Waals surface area contributed by atoms with Gasteiger partial charge in [0, 0.05) is 0 Å². The van der Waals surface area contributed by atoms with Crippen LogP contribution in [-0.2, 0) is 9.53 Å². The van der Waals surface area contributed by atoms with Crippen molar-refractivity contribution in [3.8, 4) is 6.07 Å². The van der Waals surface area contributed by atoms with Gasteiger partial charge in [0.25, 0.3) is 0 Å². The van der Waals surface area contributed by atoms with Crippen molar-refractivity contribution >= 4 is 5.97 Å². The minimum Gasteiger partial charge on any atom is -0.458 e. The Kier molecular flexibility index (Phi) is 5.62. The molecule has 0 rings (SSSR count). The summed E-state index contributed by atoms with van der Waals surface area (Å²) in [5.74, 6) is -0.122. The first kappa shape index (κ1) is 12.7. The number of hydrogen-bond acceptors (Lipinski definition) is 3. The third kappa shape index (κ3) is 4.66. The van der Waals surface area contributed by atoms with Crippen molar-refractivity contribution in [1.29, 1.82) is 5.26 Å². The number of esters is 1. The molecule has 0 aliphatic rings. The van der Waals surface area contributed by atoms with Crippen molar-refractivity contribution in [3.63, 3.8) is 0 Å². The van der Waals surface area contributed by atoms with E-state index < -0.39 is 5.97 Å². The van der Waals surface area contributed by atoms with Crippen LogP contribution in [0, 0.1) is 17.2 Å². The predicted octanol–water partition coefficient (Wildman–Crippen LogP) is 2.43. The standard InChI is InChI=1S/C11H17NO2/c1-5-10(6-8(2)3)14-11(13)9(4)7-12/h8,10H,4-6H2,1-3H3. The third-order valence-corrected chi connectivity index (χ3v) is 1.84. The van der Waals surface area contributed by atoms with Gasteiger partial charge in [-0.2, -0.15) is 5.26 Å². The van der Waals surface area contributed by atoms with Gasteiger partial charge in [0.15, 0.2) is 0 Å². The summed E-state index contributed by atoms with van der Waals surface area (Å²) >= 11 is 0. The van der Waals surface area contributed by atoms with E-state index in [0.29, 0.717) is 5.92 Å². The lowest BCUT2D eigenvalue weighted by molar-refractivity contribution is -0.144. The van der Waals surface area contributed by atoms with Gasteiger partial charge < -0.3 is 4.74 Å². The van der Waals surface area contributed by atoms with Crippen molar-refractivity contribution < 1.29 is 9.53 Å². The van der Waals surface area contributed by atoms with Crippen LogP contribution in [0.5, 0.6) is 0 Å². The molecule has 3 nitrogen and oxygen atoms in total. The van der Waals surface area contributed by atoms with E-state index in [1.165, 1.54) is 0 Å². The van der Waals surface area contributed by atoms with Crippen LogP contribution in [0.15, 0.2) is 12.2 Å². The Morgan fingerprint density at radius 1 is 1.57 bits per heavy atom. The molecular formula is C11H17NO2. The van der Waals surface area contributed by atoms with Crippen molar-refractivity contribution in [1.82, 2.24) is 0 Å². The lowest BCUT2D eigenvalue weighted by atomic mass is 10.0. The summed E-state index contributed by atoms with van der Waals surface area (Å²) in [6.45, 7) is 9.39. The Hall–Kier alpha value is -1.30. The van der Waals surface area contributed by atoms with E-state index >= 15 is 0 Å². The van der Waals surface area contributed by atoms with E-state index in [9.17, 15) is 4.79 Å². The second-order valence-corrected chi connectivity index (χ2v) is 3.66. The van der Waals surface area contributed by atoms with Gasteiger partial charge in [0.05, 0.1) is 0 Å². The largest absolute Gasteiger partial charge is 0.458 e. The number of nitriles is 1. The number of ether oxygens (including phenoxy) is 1. The first-order chi connectivity index (χ1) is 6.51. The number of carbonyl (C=O) groups is 1. The molecule has 3 heteroatoms. The molecule has 14 heavy (non-hydrogen) atoms. The maximum atomic E-state index is 11.2. The number of carbonyl (C=O) groups excluding carboxylic acids is 1. The van der Waals surface area contributed by atoms with E-state index in [1.807, 2.05) is 6.92 Å². The molecule has 0 aliphatic carbocycles. The van der Waals surface area contributed by atoms with Gasteiger partial charge in [-0.3, -0.25) is 0 Å². The molecule has 78 valence electrons. The average molecular weight is 195 g/mol. The monoisotopic (exact) mass is 195 g/mol. The Balaban J connectivity index is 4.13. The van der Waals surface area contributed by atoms with Crippen LogP contribution in [0.3, 0.4) is 0 Å². The molecule has 0 aliphatic heterocycles. The predicted molar refractivity (Wildman–Crippen MR) is 54.4 cm³/mol. The van der Waals surface area contributed by atoms with E-state index in [-0.39, 0.29) is 11.7 Å². The molecule has 0 saturated heterocycles. The van der Waals surface area contributed by atoms with E-state index in [2.05, 4.69) is 20.4 Å². The minimum absolute atomic E-state index is 0.104. The normalized spacial score (nSPS) is 11.9. The van der Waals surface area contributed by atoms with Gasteiger partial charge in [-0.1, -0.05) is 27.4 Å². The van der Waals surface area contributed by atoms with Crippen molar-refractivity contribution in [3.05, 3.63) is 12.2 Å². The second-order valence-electron chi connectivity index (χ2n) is 3.66. The van der Waals surface area contributed by atoms with Crippen molar-refractivity contribution in [2.45, 2.75) is 39.7 Å². The molecule has 0 aromatic rings. The summed E-state index contributed by atoms with van der Waals surface area (Å²) in [4.78, 5) is 11.2. The topological polar surface area (TPSA) is 50.1 Å². The van der Waals surface area contributed by atoms with Gasteiger partial charge in [-0.15, -0.1) is 0 Å². The van der Waals surface area contributed by atoms with Gasteiger partial charge in [-0.05, 0) is 18.8 Å². The fourth-order valence-corrected chi connectivity index (χ4v) is 1.09. The average Bonchev–Trinajstić information content (AvgIpc) is 2.14. The zero-order valence-corrected chi connectivity index (χ0v) is 9.04. The Bertz CT molecular complexity index is 251. The molecule has 1 unspecified atom stereocenters. The van der Waals surface area contributed by atoms with Crippen LogP contribution >= 0.6 is 0 Å². The zero-order valence-electron chi connectivity index (χ0n) is 9.04. The summed E-state index contributed by atoms with van der Waals surface area (Å²) in [7, 11) is 0. The number of hydrogen-bond donors (Lipinski definition) is 0. The minimum atomic E-state index is -0.597. The molecule has 1 atom stereocenters. The van der Waals surface area contributed by atoms with Crippen molar-refractivity contribution in [2.75, 3.05) is 0 Å². The van der Waals surface area contributed by atoms with Crippen LogP contribution in [0.1, 0.15) is 33.6 Å². The van der Waals surface area contributed by atoms with Crippen LogP contribution < -0.4 is 0 Å². The maximum absolute atomic E-state index is 11.2. The van der Waals surface area contributed by atoms with Crippen LogP contribution in [0.25, 0.3) is 0 Å². The quantitative estimate of drug-likeness (QED) is 0.384. The fourth-order valence-electron chi connectivity index (χ4n) is 1.09. The Labute approximate surface area is 85.4 Å². The lowest BCUT2D eigenvalue weighted by Crippen LogP contribution is -2.19. The van der Waals surface area contributed by atoms with E-state index in [0.717, 1.165) is 12.8 Å². The SMILES string of the molecule is C=C(C#N)C(=O)OC(CC)CC(C)C. The molecule has 0 aromatic heterocycles. The van der Waals surface area contributed by atoms with Crippen molar-refractivity contribution in [2.24, 2.45) is 5.92 Å². The van der Waals surface area contributed by atoms with Crippen LogP contribution in [0.2, 0.25) is 0 Å². The lowest BCUT2D eigenvalue weighted by Gasteiger charge is -2.17. The summed E-state index contributed by atoms with van der Waals surface area (Å²) < 4.78 is 5.10. The number of rotatable bonds is 5. The van der Waals surface area contributed by atoms with Crippen LogP contribution in [0.4, 0.5) is 0 Å². The molecule has 0 radical (unpaired) electrons. The highest BCUT2D eigenvalue weighted by Crippen LogP contribution is 2.12. The molecule has 0 bridgehead atoms. The molecule has 0 saturated carbocycles. The third-order valence-electron chi connectivity index (χ3n) is 1.84. The molecule has 0 spiro atoms. The highest BCUT2D eigenvalue weighted by atomic mass is 16.5. The summed E-state index contributed by atoms with van der Waals surface area (Å²) in [6, 6.07) is 1.68. The van der Waals surface area contributed by atoms with Gasteiger partial charge in [0.2, 0.25) is 0 Å². The Morgan fingerprint density at radius 2 is 2.14 bits per heavy atom. The van der Waals surface area contributed by atoms with Gasteiger partial charge in [-0.25, -0.2) is 4.79 Å².